The molecular weight excluding hydrogens is 334 g/mol. The van der Waals surface area contributed by atoms with Gasteiger partial charge in [-0.25, -0.2) is 9.50 Å². The Hall–Kier alpha value is -2.43. The van der Waals surface area contributed by atoms with Crippen molar-refractivity contribution < 1.29 is 4.74 Å². The number of nitrogens with zero attached hydrogens (tertiary/aromatic N) is 4. The number of anilines is 1. The molecule has 0 bridgehead atoms. The molecule has 1 aliphatic carbocycles. The Balaban J connectivity index is 1.45. The molecular formula is C18H19N5OS. The first-order valence-electron chi connectivity index (χ1n) is 8.54. The van der Waals surface area contributed by atoms with Gasteiger partial charge in [-0.2, -0.15) is 5.26 Å². The zero-order valence-electron chi connectivity index (χ0n) is 13.8. The van der Waals surface area contributed by atoms with Gasteiger partial charge in [0.25, 0.3) is 0 Å². The quantitative estimate of drug-likeness (QED) is 0.684. The molecule has 1 saturated carbocycles. The molecule has 0 aliphatic heterocycles. The minimum atomic E-state index is 0.436. The number of rotatable bonds is 6. The summed E-state index contributed by atoms with van der Waals surface area (Å²) in [6, 6.07) is 9.79. The lowest BCUT2D eigenvalue weighted by Crippen LogP contribution is -2.16. The highest BCUT2D eigenvalue weighted by Gasteiger charge is 2.15. The van der Waals surface area contributed by atoms with Crippen molar-refractivity contribution >= 4 is 22.8 Å². The van der Waals surface area contributed by atoms with Gasteiger partial charge in [-0.05, 0) is 37.1 Å². The Morgan fingerprint density at radius 3 is 2.96 bits per heavy atom. The average Bonchev–Trinajstić information content (AvgIpc) is 3.37. The number of fused-ring (bicyclic) bond motifs is 1. The highest BCUT2D eigenvalue weighted by Crippen LogP contribution is 2.28. The van der Waals surface area contributed by atoms with Crippen molar-refractivity contribution in [2.45, 2.75) is 31.8 Å². The van der Waals surface area contributed by atoms with Crippen LogP contribution < -0.4 is 5.32 Å². The van der Waals surface area contributed by atoms with Crippen LogP contribution in [0.3, 0.4) is 0 Å². The van der Waals surface area contributed by atoms with Crippen molar-refractivity contribution in [2.24, 2.45) is 0 Å². The van der Waals surface area contributed by atoms with Crippen LogP contribution in [-0.2, 0) is 4.74 Å². The molecule has 4 rings (SSSR count). The van der Waals surface area contributed by atoms with Crippen molar-refractivity contribution in [1.29, 1.82) is 5.26 Å². The first-order valence-corrected chi connectivity index (χ1v) is 9.36. The molecule has 3 aromatic rings. The topological polar surface area (TPSA) is 75.2 Å². The van der Waals surface area contributed by atoms with Gasteiger partial charge in [-0.15, -0.1) is 16.4 Å². The predicted octanol–water partition coefficient (Wildman–Crippen LogP) is 3.70. The number of hydrogen-bond acceptors (Lipinski definition) is 6. The SMILES string of the molecule is N#Cc1ccc(-c2cnc3ccc(NCCOC4CCCC4)nn23)s1. The maximum absolute atomic E-state index is 9.01. The molecule has 3 heterocycles. The van der Waals surface area contributed by atoms with Crippen molar-refractivity contribution in [3.05, 3.63) is 35.3 Å². The number of aromatic nitrogens is 3. The molecule has 128 valence electrons. The first kappa shape index (κ1) is 16.1. The Morgan fingerprint density at radius 1 is 1.28 bits per heavy atom. The minimum absolute atomic E-state index is 0.436. The van der Waals surface area contributed by atoms with Gasteiger partial charge in [0.05, 0.1) is 23.8 Å². The standard InChI is InChI=1S/C18H19N5OS/c19-11-14-5-6-16(25-14)15-12-21-18-8-7-17(22-23(15)18)20-9-10-24-13-3-1-2-4-13/h5-8,12-13H,1-4,9-10H2,(H,20,22). The van der Waals surface area contributed by atoms with E-state index >= 15 is 0 Å². The van der Waals surface area contributed by atoms with Crippen molar-refractivity contribution in [3.63, 3.8) is 0 Å². The van der Waals surface area contributed by atoms with Crippen LogP contribution in [0, 0.1) is 11.3 Å². The van der Waals surface area contributed by atoms with E-state index < -0.39 is 0 Å². The molecule has 3 aromatic heterocycles. The van der Waals surface area contributed by atoms with Gasteiger partial charge < -0.3 is 10.1 Å². The van der Waals surface area contributed by atoms with Gasteiger partial charge in [0, 0.05) is 6.54 Å². The van der Waals surface area contributed by atoms with E-state index in [0.29, 0.717) is 17.6 Å². The van der Waals surface area contributed by atoms with E-state index in [2.05, 4.69) is 21.5 Å². The molecule has 0 amide bonds. The fourth-order valence-corrected chi connectivity index (χ4v) is 3.93. The van der Waals surface area contributed by atoms with E-state index in [4.69, 9.17) is 10.00 Å². The van der Waals surface area contributed by atoms with Crippen molar-refractivity contribution in [3.8, 4) is 16.6 Å². The second kappa shape index (κ2) is 7.21. The van der Waals surface area contributed by atoms with Gasteiger partial charge in [-0.1, -0.05) is 12.8 Å². The molecule has 1 aliphatic rings. The Kier molecular flexibility index (Phi) is 4.63. The molecule has 25 heavy (non-hydrogen) atoms. The zero-order chi connectivity index (χ0) is 17.1. The number of nitriles is 1. The van der Waals surface area contributed by atoms with E-state index in [9.17, 15) is 0 Å². The maximum Gasteiger partial charge on any atom is 0.154 e. The largest absolute Gasteiger partial charge is 0.376 e. The van der Waals surface area contributed by atoms with Crippen molar-refractivity contribution in [2.75, 3.05) is 18.5 Å². The Bertz CT molecular complexity index is 904. The molecule has 7 heteroatoms. The van der Waals surface area contributed by atoms with Gasteiger partial charge >= 0.3 is 0 Å². The molecule has 0 spiro atoms. The average molecular weight is 353 g/mol. The summed E-state index contributed by atoms with van der Waals surface area (Å²) in [7, 11) is 0. The summed E-state index contributed by atoms with van der Waals surface area (Å²) < 4.78 is 7.68. The van der Waals surface area contributed by atoms with Crippen LogP contribution >= 0.6 is 11.3 Å². The molecule has 0 saturated heterocycles. The first-order chi connectivity index (χ1) is 12.3. The summed E-state index contributed by atoms with van der Waals surface area (Å²) in [5.74, 6) is 0.791. The summed E-state index contributed by atoms with van der Waals surface area (Å²) in [4.78, 5) is 6.06. The number of ether oxygens (including phenoxy) is 1. The van der Waals surface area contributed by atoms with Crippen LogP contribution in [0.2, 0.25) is 0 Å². The third kappa shape index (κ3) is 3.50. The van der Waals surface area contributed by atoms with Crippen LogP contribution in [0.25, 0.3) is 16.2 Å². The summed E-state index contributed by atoms with van der Waals surface area (Å²) in [6.45, 7) is 1.42. The lowest BCUT2D eigenvalue weighted by atomic mass is 10.3. The lowest BCUT2D eigenvalue weighted by Gasteiger charge is -2.11. The van der Waals surface area contributed by atoms with E-state index in [-0.39, 0.29) is 0 Å². The monoisotopic (exact) mass is 353 g/mol. The third-order valence-corrected chi connectivity index (χ3v) is 5.41. The predicted molar refractivity (Wildman–Crippen MR) is 97.7 cm³/mol. The Labute approximate surface area is 150 Å². The second-order valence-corrected chi connectivity index (χ2v) is 7.20. The minimum Gasteiger partial charge on any atom is -0.376 e. The molecule has 0 aromatic carbocycles. The van der Waals surface area contributed by atoms with Crippen LogP contribution in [-0.4, -0.2) is 33.9 Å². The van der Waals surface area contributed by atoms with E-state index in [0.717, 1.165) is 28.6 Å². The molecule has 1 N–H and O–H groups in total. The fourth-order valence-electron chi connectivity index (χ4n) is 3.13. The van der Waals surface area contributed by atoms with E-state index in [1.165, 1.54) is 37.0 Å². The molecule has 6 nitrogen and oxygen atoms in total. The lowest BCUT2D eigenvalue weighted by molar-refractivity contribution is 0.0658. The summed E-state index contributed by atoms with van der Waals surface area (Å²) in [6.07, 6.45) is 7.18. The molecule has 1 fully saturated rings. The summed E-state index contributed by atoms with van der Waals surface area (Å²) in [5.41, 5.74) is 1.68. The highest BCUT2D eigenvalue weighted by molar-refractivity contribution is 7.15. The smallest absolute Gasteiger partial charge is 0.154 e. The van der Waals surface area contributed by atoms with Crippen molar-refractivity contribution in [1.82, 2.24) is 14.6 Å². The summed E-state index contributed by atoms with van der Waals surface area (Å²) in [5, 5.41) is 16.9. The second-order valence-electron chi connectivity index (χ2n) is 6.11. The van der Waals surface area contributed by atoms with Crippen LogP contribution in [0.15, 0.2) is 30.5 Å². The van der Waals surface area contributed by atoms with Crippen LogP contribution in [0.4, 0.5) is 5.82 Å². The van der Waals surface area contributed by atoms with Gasteiger partial charge in [0.2, 0.25) is 0 Å². The third-order valence-electron chi connectivity index (χ3n) is 4.39. The number of imidazole rings is 1. The van der Waals surface area contributed by atoms with Crippen LogP contribution in [0.5, 0.6) is 0 Å². The van der Waals surface area contributed by atoms with E-state index in [1.807, 2.05) is 28.8 Å². The van der Waals surface area contributed by atoms with Gasteiger partial charge in [0.1, 0.15) is 22.5 Å². The number of thiophene rings is 1. The van der Waals surface area contributed by atoms with E-state index in [1.54, 1.807) is 6.20 Å². The number of nitrogens with one attached hydrogen (secondary N) is 1. The molecule has 0 atom stereocenters. The number of hydrogen-bond donors (Lipinski definition) is 1. The maximum atomic E-state index is 9.01. The van der Waals surface area contributed by atoms with Crippen LogP contribution in [0.1, 0.15) is 30.6 Å². The highest BCUT2D eigenvalue weighted by atomic mass is 32.1. The molecule has 0 unspecified atom stereocenters. The fraction of sp³-hybridized carbons (Fsp3) is 0.389. The van der Waals surface area contributed by atoms with Gasteiger partial charge in [-0.3, -0.25) is 0 Å². The van der Waals surface area contributed by atoms with Gasteiger partial charge in [0.15, 0.2) is 5.65 Å². The molecule has 0 radical (unpaired) electrons. The Morgan fingerprint density at radius 2 is 2.16 bits per heavy atom. The zero-order valence-corrected chi connectivity index (χ0v) is 14.6. The normalized spacial score (nSPS) is 14.8. The summed E-state index contributed by atoms with van der Waals surface area (Å²) >= 11 is 1.44.